The summed E-state index contributed by atoms with van der Waals surface area (Å²) in [5.74, 6) is -5.34. The molecule has 0 aliphatic carbocycles. The van der Waals surface area contributed by atoms with Crippen LogP contribution in [0.5, 0.6) is 23.0 Å². The van der Waals surface area contributed by atoms with Crippen LogP contribution in [-0.4, -0.2) is 98.2 Å². The Hall–Kier alpha value is -0.0400. The molecule has 0 saturated heterocycles. The van der Waals surface area contributed by atoms with Gasteiger partial charge in [0.1, 0.15) is 83.6 Å². The fourth-order valence-electron chi connectivity index (χ4n) is 5.81. The number of fused-ring (bicyclic) bond motifs is 3. The van der Waals surface area contributed by atoms with Crippen molar-refractivity contribution in [2.75, 3.05) is 0 Å². The number of azo groups is 2. The third kappa shape index (κ3) is 14.6. The Labute approximate surface area is 516 Å². The van der Waals surface area contributed by atoms with Crippen LogP contribution in [0.1, 0.15) is 0 Å². The topological polar surface area (TPSA) is 474 Å². The van der Waals surface area contributed by atoms with Crippen molar-refractivity contribution < 1.29 is 276 Å². The number of hydrogen-bond acceptors (Lipinski definition) is 26. The van der Waals surface area contributed by atoms with E-state index in [1.807, 2.05) is 0 Å². The van der Waals surface area contributed by atoms with E-state index in [9.17, 15) is 98.2 Å². The van der Waals surface area contributed by atoms with Crippen LogP contribution in [0.25, 0.3) is 32.3 Å². The molecule has 0 aliphatic rings. The Morgan fingerprint density at radius 3 is 0.912 bits per heavy atom. The van der Waals surface area contributed by atoms with Crippen LogP contribution in [0.3, 0.4) is 0 Å². The van der Waals surface area contributed by atoms with Crippen molar-refractivity contribution in [3.8, 4) is 23.0 Å². The summed E-state index contributed by atoms with van der Waals surface area (Å²) in [6.07, 6.45) is 0. The summed E-state index contributed by atoms with van der Waals surface area (Å²) in [6, 6.07) is 3.79. The SMILES string of the molecule is O=S(=O)([O-])c1cc(O)c2c(N=Nc3c(S(=O)(=O)[O-])cc4cc(S(=O)(=O)[O-])cc(N=Nc5c(S(=O)(=O)[O-])cc6cc(S(=O)(=O)[O-])cc(O)c6c5O)c4c3O)cc(S(=O)(=O)[O-])cc2c1.[Na+].[Na+].[Na+].[Na+].[Na+].[Na+]. The molecule has 0 spiro atoms. The van der Waals surface area contributed by atoms with Gasteiger partial charge in [0, 0.05) is 0 Å². The fourth-order valence-corrected chi connectivity index (χ4v) is 9.21. The van der Waals surface area contributed by atoms with Gasteiger partial charge >= 0.3 is 177 Å². The van der Waals surface area contributed by atoms with Crippen LogP contribution < -0.4 is 177 Å². The van der Waals surface area contributed by atoms with E-state index in [-0.39, 0.29) is 183 Å². The van der Waals surface area contributed by atoms with Gasteiger partial charge in [-0.3, -0.25) is 0 Å². The summed E-state index contributed by atoms with van der Waals surface area (Å²) in [7, 11) is -33.5. The molecule has 0 aromatic heterocycles. The minimum Gasteiger partial charge on any atom is -0.744 e. The number of phenols is 4. The van der Waals surface area contributed by atoms with Crippen LogP contribution in [0.4, 0.5) is 22.7 Å². The molecule has 0 unspecified atom stereocenters. The van der Waals surface area contributed by atoms with E-state index < -0.39 is 168 Å². The van der Waals surface area contributed by atoms with Crippen LogP contribution >= 0.6 is 0 Å². The molecule has 0 radical (unpaired) electrons. The summed E-state index contributed by atoms with van der Waals surface area (Å²) in [5, 5.41) is 52.6. The van der Waals surface area contributed by atoms with Gasteiger partial charge in [0.05, 0.1) is 56.9 Å². The molecule has 0 aliphatic heterocycles. The van der Waals surface area contributed by atoms with Crippen molar-refractivity contribution in [3.05, 3.63) is 60.7 Å². The number of phenolic OH excluding ortho intramolecular Hbond substituents is 4. The van der Waals surface area contributed by atoms with Gasteiger partial charge in [0.15, 0.2) is 11.5 Å². The van der Waals surface area contributed by atoms with Crippen LogP contribution in [0, 0.1) is 0 Å². The third-order valence-corrected chi connectivity index (χ3v) is 13.3. The largest absolute Gasteiger partial charge is 1.00 e. The van der Waals surface area contributed by atoms with Gasteiger partial charge in [-0.05, 0) is 76.8 Å². The van der Waals surface area contributed by atoms with E-state index in [1.54, 1.807) is 0 Å². The molecule has 38 heteroatoms. The van der Waals surface area contributed by atoms with E-state index in [1.165, 1.54) is 0 Å². The third-order valence-electron chi connectivity index (χ3n) is 8.37. The number of hydrogen-bond donors (Lipinski definition) is 4. The van der Waals surface area contributed by atoms with Gasteiger partial charge in [-0.1, -0.05) is 0 Å². The molecule has 6 rings (SSSR count). The van der Waals surface area contributed by atoms with Gasteiger partial charge in [-0.2, -0.15) is 0 Å². The Morgan fingerprint density at radius 2 is 0.588 bits per heavy atom. The van der Waals surface area contributed by atoms with Gasteiger partial charge in [-0.15, -0.1) is 20.5 Å². The Morgan fingerprint density at radius 1 is 0.324 bits per heavy atom. The molecule has 0 amide bonds. The molecule has 0 heterocycles. The van der Waals surface area contributed by atoms with Gasteiger partial charge < -0.3 is 47.7 Å². The summed E-state index contributed by atoms with van der Waals surface area (Å²) < 4.78 is 216. The smallest absolute Gasteiger partial charge is 0.744 e. The average Bonchev–Trinajstić information content (AvgIpc) is 3.10. The first-order valence-electron chi connectivity index (χ1n) is 15.4. The van der Waals surface area contributed by atoms with Crippen molar-refractivity contribution in [1.82, 2.24) is 0 Å². The van der Waals surface area contributed by atoms with E-state index >= 15 is 0 Å². The molecule has 6 aromatic carbocycles. The minimum atomic E-state index is -5.89. The first-order valence-corrected chi connectivity index (χ1v) is 23.9. The predicted molar refractivity (Wildman–Crippen MR) is 195 cm³/mol. The molecule has 328 valence electrons. The van der Waals surface area contributed by atoms with E-state index in [0.717, 1.165) is 0 Å². The summed E-state index contributed by atoms with van der Waals surface area (Å²) in [4.78, 5) is -7.96. The van der Waals surface area contributed by atoms with Gasteiger partial charge in [0.25, 0.3) is 0 Å². The second-order valence-electron chi connectivity index (χ2n) is 12.3. The van der Waals surface area contributed by atoms with Crippen molar-refractivity contribution in [2.24, 2.45) is 20.5 Å². The predicted octanol–water partition coefficient (Wildman–Crippen LogP) is -15.8. The maximum atomic E-state index is 12.5. The molecule has 26 nitrogen and oxygen atoms in total. The standard InChI is InChI=1S/C30H20N4O22S6.6Na/c35-20-9-16(59(45,46)47)2-11-1-14(57(39,40)41)7-18(24(11)20)31-33-27-22(61(51,52)53)5-12-3-15(58(42,43)44)8-19(25(12)29(27)37)32-34-28-23(62(54,55)56)6-13-4-17(60(48,49)50)10-21(36)26(13)30(28)38;;;;;;/h1-10,35-38H,(H,39,40,41)(H,42,43,44)(H,45,46,47)(H,48,49,50)(H,51,52,53)(H,54,55,56);;;;;;/q;6*+1/p-6. The normalized spacial score (nSPS) is 12.4. The minimum absolute atomic E-state index is 0. The zero-order valence-corrected chi connectivity index (χ0v) is 52.0. The zero-order valence-electron chi connectivity index (χ0n) is 35.1. The quantitative estimate of drug-likeness (QED) is 0.0562. The fraction of sp³-hybridized carbons (Fsp3) is 0. The molecule has 6 aromatic rings. The van der Waals surface area contributed by atoms with Crippen molar-refractivity contribution in [3.63, 3.8) is 0 Å². The molecule has 0 fully saturated rings. The maximum Gasteiger partial charge on any atom is 1.00 e. The Bertz CT molecular complexity index is 3800. The average molecular weight is 1110 g/mol. The molecule has 0 atom stereocenters. The zero-order chi connectivity index (χ0) is 46.4. The molecular formula is C30H14N4Na6O22S6. The summed E-state index contributed by atoms with van der Waals surface area (Å²) >= 11 is 0. The number of benzene rings is 6. The number of nitrogens with zero attached hydrogens (tertiary/aromatic N) is 4. The first kappa shape index (κ1) is 68.0. The van der Waals surface area contributed by atoms with E-state index in [2.05, 4.69) is 20.5 Å². The summed E-state index contributed by atoms with van der Waals surface area (Å²) in [5.41, 5.74) is -4.88. The Kier molecular flexibility index (Phi) is 24.1. The number of rotatable bonds is 10. The van der Waals surface area contributed by atoms with Crippen LogP contribution in [0.15, 0.2) is 110 Å². The van der Waals surface area contributed by atoms with Gasteiger partial charge in [-0.25, -0.2) is 50.5 Å². The molecule has 68 heavy (non-hydrogen) atoms. The second kappa shape index (κ2) is 24.1. The molecule has 4 N–H and O–H groups in total. The molecule has 0 saturated carbocycles. The second-order valence-corrected chi connectivity index (χ2v) is 20.5. The molecular weight excluding hydrogens is 1100 g/mol. The van der Waals surface area contributed by atoms with Crippen molar-refractivity contribution in [2.45, 2.75) is 29.4 Å². The maximum absolute atomic E-state index is 12.5. The molecule has 0 bridgehead atoms. The van der Waals surface area contributed by atoms with Gasteiger partial charge in [0.2, 0.25) is 0 Å². The van der Waals surface area contributed by atoms with Crippen LogP contribution in [-0.2, 0) is 60.7 Å². The Balaban J connectivity index is 0.00000748. The summed E-state index contributed by atoms with van der Waals surface area (Å²) in [6.45, 7) is 0. The van der Waals surface area contributed by atoms with Crippen LogP contribution in [0.2, 0.25) is 0 Å². The number of aromatic hydroxyl groups is 4. The van der Waals surface area contributed by atoms with E-state index in [4.69, 9.17) is 0 Å². The van der Waals surface area contributed by atoms with E-state index in [0.29, 0.717) is 54.6 Å². The van der Waals surface area contributed by atoms with Crippen molar-refractivity contribution in [1.29, 1.82) is 0 Å². The first-order chi connectivity index (χ1) is 28.2. The monoisotopic (exact) mass is 1110 g/mol. The van der Waals surface area contributed by atoms with Crippen molar-refractivity contribution >= 4 is 116 Å².